The van der Waals surface area contributed by atoms with Gasteiger partial charge in [0.15, 0.2) is 5.82 Å². The van der Waals surface area contributed by atoms with E-state index in [-0.39, 0.29) is 5.78 Å². The molecule has 0 aliphatic heterocycles. The Hall–Kier alpha value is -3.66. The normalized spacial score (nSPS) is 13.7. The molecule has 2 N–H and O–H groups in total. The number of aryl methyl sites for hydroxylation is 3. The van der Waals surface area contributed by atoms with Crippen LogP contribution in [0.4, 0.5) is 5.82 Å². The Morgan fingerprint density at radius 2 is 1.95 bits per heavy atom. The maximum atomic E-state index is 12.1. The third-order valence-corrected chi connectivity index (χ3v) is 7.14. The fourth-order valence-electron chi connectivity index (χ4n) is 5.00. The molecule has 10 heteroatoms. The predicted molar refractivity (Wildman–Crippen MR) is 149 cm³/mol. The molecule has 3 aromatic rings. The van der Waals surface area contributed by atoms with Crippen LogP contribution in [0.5, 0.6) is 0 Å². The van der Waals surface area contributed by atoms with Crippen molar-refractivity contribution in [2.75, 3.05) is 25.0 Å². The molecule has 4 rings (SSSR count). The second kappa shape index (κ2) is 14.5. The SMILES string of the molecule is CC(=O)CCCN(CCCCc1ccc2c(n1)CCCC2)CC[C@H](Nc1cc(-n2cccn2)ncn1)C(=O)O. The van der Waals surface area contributed by atoms with Gasteiger partial charge in [0.05, 0.1) is 0 Å². The number of aromatic nitrogens is 5. The lowest BCUT2D eigenvalue weighted by Crippen LogP contribution is -2.36. The van der Waals surface area contributed by atoms with Crippen molar-refractivity contribution in [2.24, 2.45) is 0 Å². The van der Waals surface area contributed by atoms with Gasteiger partial charge in [-0.15, -0.1) is 0 Å². The molecule has 10 nitrogen and oxygen atoms in total. The molecule has 0 spiro atoms. The number of Topliss-reactive ketones (excluding diaryl/α,β-unsaturated/α-hetero) is 1. The zero-order chi connectivity index (χ0) is 27.5. The minimum absolute atomic E-state index is 0.176. The number of ketones is 1. The number of nitrogens with one attached hydrogen (secondary N) is 1. The molecule has 3 heterocycles. The lowest BCUT2D eigenvalue weighted by Gasteiger charge is -2.24. The van der Waals surface area contributed by atoms with Gasteiger partial charge >= 0.3 is 5.97 Å². The van der Waals surface area contributed by atoms with Crippen molar-refractivity contribution in [2.45, 2.75) is 77.2 Å². The number of hydrogen-bond acceptors (Lipinski definition) is 8. The average Bonchev–Trinajstić information content (AvgIpc) is 3.48. The van der Waals surface area contributed by atoms with Crippen LogP contribution in [0, 0.1) is 0 Å². The van der Waals surface area contributed by atoms with Crippen LogP contribution < -0.4 is 5.32 Å². The third-order valence-electron chi connectivity index (χ3n) is 7.14. The summed E-state index contributed by atoms with van der Waals surface area (Å²) in [6, 6.07) is 7.09. The van der Waals surface area contributed by atoms with Crippen LogP contribution >= 0.6 is 0 Å². The van der Waals surface area contributed by atoms with Crippen molar-refractivity contribution < 1.29 is 14.7 Å². The summed E-state index contributed by atoms with van der Waals surface area (Å²) in [6.45, 7) is 3.84. The quantitative estimate of drug-likeness (QED) is 0.264. The molecule has 1 aliphatic rings. The van der Waals surface area contributed by atoms with Crippen molar-refractivity contribution in [3.05, 3.63) is 59.9 Å². The molecule has 1 atom stereocenters. The first-order valence-corrected chi connectivity index (χ1v) is 14.0. The fourth-order valence-corrected chi connectivity index (χ4v) is 5.00. The number of pyridine rings is 1. The molecular weight excluding hydrogens is 494 g/mol. The number of nitrogens with zero attached hydrogens (tertiary/aromatic N) is 6. The first kappa shape index (κ1) is 28.4. The molecule has 0 saturated carbocycles. The Labute approximate surface area is 229 Å². The number of carbonyl (C=O) groups excluding carboxylic acids is 1. The number of fused-ring (bicyclic) bond motifs is 1. The summed E-state index contributed by atoms with van der Waals surface area (Å²) in [7, 11) is 0. The molecule has 0 radical (unpaired) electrons. The molecule has 0 bridgehead atoms. The Bertz CT molecular complexity index is 1220. The number of unbranched alkanes of at least 4 members (excludes halogenated alkanes) is 1. The second-order valence-electron chi connectivity index (χ2n) is 10.3. The van der Waals surface area contributed by atoms with E-state index in [0.717, 1.165) is 57.3 Å². The van der Waals surface area contributed by atoms with E-state index in [9.17, 15) is 14.7 Å². The Morgan fingerprint density at radius 3 is 2.74 bits per heavy atom. The molecule has 39 heavy (non-hydrogen) atoms. The zero-order valence-electron chi connectivity index (χ0n) is 22.8. The van der Waals surface area contributed by atoms with E-state index in [4.69, 9.17) is 4.98 Å². The monoisotopic (exact) mass is 533 g/mol. The predicted octanol–water partition coefficient (Wildman–Crippen LogP) is 3.89. The minimum Gasteiger partial charge on any atom is -0.480 e. The number of rotatable bonds is 16. The van der Waals surface area contributed by atoms with E-state index in [1.54, 1.807) is 36.1 Å². The summed E-state index contributed by atoms with van der Waals surface area (Å²) in [5, 5.41) is 17.1. The molecule has 0 fully saturated rings. The molecule has 0 amide bonds. The second-order valence-corrected chi connectivity index (χ2v) is 10.3. The number of aliphatic carboxylic acids is 1. The fraction of sp³-hybridized carbons (Fsp3) is 0.517. The summed E-state index contributed by atoms with van der Waals surface area (Å²) >= 11 is 0. The van der Waals surface area contributed by atoms with E-state index in [1.165, 1.54) is 30.4 Å². The van der Waals surface area contributed by atoms with Gasteiger partial charge in [0, 0.05) is 42.8 Å². The van der Waals surface area contributed by atoms with E-state index in [1.807, 2.05) is 0 Å². The van der Waals surface area contributed by atoms with Crippen LogP contribution in [0.1, 0.15) is 68.8 Å². The zero-order valence-corrected chi connectivity index (χ0v) is 22.8. The average molecular weight is 534 g/mol. The van der Waals surface area contributed by atoms with Crippen molar-refractivity contribution in [1.29, 1.82) is 0 Å². The number of carbonyl (C=O) groups is 2. The highest BCUT2D eigenvalue weighted by Gasteiger charge is 2.20. The van der Waals surface area contributed by atoms with E-state index < -0.39 is 12.0 Å². The van der Waals surface area contributed by atoms with Crippen LogP contribution in [0.2, 0.25) is 0 Å². The van der Waals surface area contributed by atoms with Gasteiger partial charge in [0.1, 0.15) is 24.0 Å². The van der Waals surface area contributed by atoms with E-state index in [2.05, 4.69) is 37.4 Å². The van der Waals surface area contributed by atoms with Crippen LogP contribution in [0.25, 0.3) is 5.82 Å². The number of carboxylic acids is 1. The van der Waals surface area contributed by atoms with Gasteiger partial charge in [0.25, 0.3) is 0 Å². The lowest BCUT2D eigenvalue weighted by atomic mass is 9.95. The van der Waals surface area contributed by atoms with Crippen LogP contribution in [0.15, 0.2) is 43.0 Å². The maximum Gasteiger partial charge on any atom is 0.326 e. The van der Waals surface area contributed by atoms with Crippen molar-refractivity contribution in [3.63, 3.8) is 0 Å². The molecule has 0 unspecified atom stereocenters. The Balaban J connectivity index is 1.29. The van der Waals surface area contributed by atoms with Gasteiger partial charge in [-0.1, -0.05) is 6.07 Å². The summed E-state index contributed by atoms with van der Waals surface area (Å²) < 4.78 is 1.60. The molecule has 1 aliphatic carbocycles. The smallest absolute Gasteiger partial charge is 0.326 e. The molecule has 208 valence electrons. The highest BCUT2D eigenvalue weighted by atomic mass is 16.4. The van der Waals surface area contributed by atoms with Crippen LogP contribution in [-0.2, 0) is 28.9 Å². The highest BCUT2D eigenvalue weighted by Crippen LogP contribution is 2.20. The van der Waals surface area contributed by atoms with Crippen molar-refractivity contribution in [3.8, 4) is 5.82 Å². The van der Waals surface area contributed by atoms with Crippen molar-refractivity contribution in [1.82, 2.24) is 29.6 Å². The number of carboxylic acid groups (broad SMARTS) is 1. The van der Waals surface area contributed by atoms with E-state index >= 15 is 0 Å². The Morgan fingerprint density at radius 1 is 1.10 bits per heavy atom. The topological polar surface area (TPSA) is 126 Å². The minimum atomic E-state index is -0.934. The van der Waals surface area contributed by atoms with Gasteiger partial charge in [-0.25, -0.2) is 19.4 Å². The summed E-state index contributed by atoms with van der Waals surface area (Å²) in [6.07, 6.45) is 14.2. The van der Waals surface area contributed by atoms with Gasteiger partial charge in [-0.2, -0.15) is 5.10 Å². The van der Waals surface area contributed by atoms with Crippen molar-refractivity contribution >= 4 is 17.6 Å². The van der Waals surface area contributed by atoms with Gasteiger partial charge in [-0.3, -0.25) is 4.98 Å². The summed E-state index contributed by atoms with van der Waals surface area (Å²) in [4.78, 5) is 39.1. The molecule has 0 aromatic carbocycles. The first-order valence-electron chi connectivity index (χ1n) is 14.0. The Kier molecular flexibility index (Phi) is 10.5. The largest absolute Gasteiger partial charge is 0.480 e. The molecule has 3 aromatic heterocycles. The summed E-state index contributed by atoms with van der Waals surface area (Å²) in [5.74, 6) is 0.233. The maximum absolute atomic E-state index is 12.1. The summed E-state index contributed by atoms with van der Waals surface area (Å²) in [5.41, 5.74) is 3.84. The number of anilines is 1. The highest BCUT2D eigenvalue weighted by molar-refractivity contribution is 5.77. The van der Waals surface area contributed by atoms with Crippen LogP contribution in [-0.4, -0.2) is 72.2 Å². The first-order chi connectivity index (χ1) is 19.0. The lowest BCUT2D eigenvalue weighted by molar-refractivity contribution is -0.138. The third kappa shape index (κ3) is 8.95. The van der Waals surface area contributed by atoms with Gasteiger partial charge < -0.3 is 20.1 Å². The molecule has 0 saturated heterocycles. The van der Waals surface area contributed by atoms with Gasteiger partial charge in [0.2, 0.25) is 0 Å². The van der Waals surface area contributed by atoms with E-state index in [0.29, 0.717) is 31.0 Å². The van der Waals surface area contributed by atoms with Crippen LogP contribution in [0.3, 0.4) is 0 Å². The standard InChI is InChI=1S/C29H39N7O3/c1-22(37)8-6-17-35(16-5-4-10-24-13-12-23-9-2-3-11-25(23)33-24)19-14-26(29(38)39)34-27-20-28(31-21-30-27)36-18-7-15-32-36/h7,12-13,15,18,20-21,26H,2-6,8-11,14,16-17,19H2,1H3,(H,38,39)(H,30,31,34)/t26-/m0/s1. The molecular formula is C29H39N7O3. The van der Waals surface area contributed by atoms with Gasteiger partial charge in [-0.05, 0) is 95.5 Å². The number of hydrogen-bond donors (Lipinski definition) is 2.